The number of thiazole rings is 1. The topological polar surface area (TPSA) is 116 Å². The number of hydrogen-bond donors (Lipinski definition) is 1. The van der Waals surface area contributed by atoms with Crippen LogP contribution in [0.2, 0.25) is 0 Å². The van der Waals surface area contributed by atoms with Gasteiger partial charge in [0.05, 0.1) is 23.9 Å². The zero-order valence-corrected chi connectivity index (χ0v) is 15.2. The molecular weight excluding hydrogens is 391 g/mol. The van der Waals surface area contributed by atoms with Gasteiger partial charge in [0, 0.05) is 23.1 Å². The molecule has 2 heterocycles. The van der Waals surface area contributed by atoms with Crippen LogP contribution < -0.4 is 15.6 Å². The van der Waals surface area contributed by atoms with Crippen LogP contribution in [0.5, 0.6) is 5.75 Å². The van der Waals surface area contributed by atoms with Gasteiger partial charge in [-0.1, -0.05) is 0 Å². The molecule has 9 nitrogen and oxygen atoms in total. The predicted octanol–water partition coefficient (Wildman–Crippen LogP) is 2.67. The maximum absolute atomic E-state index is 13.8. The molecule has 0 aliphatic carbocycles. The van der Waals surface area contributed by atoms with Crippen LogP contribution in [0.15, 0.2) is 46.7 Å². The highest BCUT2D eigenvalue weighted by atomic mass is 32.1. The van der Waals surface area contributed by atoms with Crippen LogP contribution in [0.4, 0.5) is 15.2 Å². The number of rotatable bonds is 6. The highest BCUT2D eigenvalue weighted by Gasteiger charge is 2.13. The molecule has 0 unspecified atom stereocenters. The summed E-state index contributed by atoms with van der Waals surface area (Å²) in [5.74, 6) is -1.01. The number of nitrogens with zero attached hydrogens (tertiary/aromatic N) is 3. The minimum Gasteiger partial charge on any atom is -0.494 e. The maximum Gasteiger partial charge on any atom is 0.285 e. The van der Waals surface area contributed by atoms with Gasteiger partial charge in [-0.2, -0.15) is 0 Å². The van der Waals surface area contributed by atoms with Gasteiger partial charge in [0.1, 0.15) is 6.54 Å². The van der Waals surface area contributed by atoms with Gasteiger partial charge in [-0.05, 0) is 18.2 Å². The first-order valence-corrected chi connectivity index (χ1v) is 8.69. The summed E-state index contributed by atoms with van der Waals surface area (Å²) < 4.78 is 19.6. The van der Waals surface area contributed by atoms with E-state index in [0.29, 0.717) is 11.3 Å². The fourth-order valence-corrected chi connectivity index (χ4v) is 3.09. The molecule has 0 aliphatic rings. The number of halogens is 1. The van der Waals surface area contributed by atoms with E-state index in [1.165, 1.54) is 19.2 Å². The summed E-state index contributed by atoms with van der Waals surface area (Å²) >= 11 is 1.12. The molecule has 0 saturated heterocycles. The van der Waals surface area contributed by atoms with Gasteiger partial charge in [0.25, 0.3) is 11.2 Å². The molecule has 144 valence electrons. The van der Waals surface area contributed by atoms with Gasteiger partial charge in [0.2, 0.25) is 5.91 Å². The van der Waals surface area contributed by atoms with Crippen molar-refractivity contribution in [1.82, 2.24) is 9.55 Å². The number of hydrogen-bond acceptors (Lipinski definition) is 7. The van der Waals surface area contributed by atoms with E-state index in [1.54, 1.807) is 11.4 Å². The molecule has 11 heteroatoms. The van der Waals surface area contributed by atoms with E-state index in [1.807, 2.05) is 0 Å². The molecule has 1 N–H and O–H groups in total. The molecule has 1 amide bonds. The number of ether oxygens (including phenoxy) is 1. The van der Waals surface area contributed by atoms with Crippen molar-refractivity contribution in [2.24, 2.45) is 0 Å². The Morgan fingerprint density at radius 3 is 2.86 bits per heavy atom. The zero-order valence-electron chi connectivity index (χ0n) is 14.4. The Bertz CT molecular complexity index is 1110. The van der Waals surface area contributed by atoms with Crippen LogP contribution in [0.1, 0.15) is 0 Å². The minimum atomic E-state index is -0.658. The molecule has 0 radical (unpaired) electrons. The average Bonchev–Trinajstić information content (AvgIpc) is 3.11. The number of carbonyl (C=O) groups is 1. The van der Waals surface area contributed by atoms with Crippen molar-refractivity contribution in [3.05, 3.63) is 68.2 Å². The van der Waals surface area contributed by atoms with Crippen LogP contribution in [0, 0.1) is 15.9 Å². The smallest absolute Gasteiger partial charge is 0.285 e. The second kappa shape index (κ2) is 7.96. The molecule has 0 bridgehead atoms. The summed E-state index contributed by atoms with van der Waals surface area (Å²) in [6.07, 6.45) is 0.995. The van der Waals surface area contributed by atoms with Crippen molar-refractivity contribution in [2.45, 2.75) is 6.54 Å². The number of anilines is 1. The Morgan fingerprint density at radius 2 is 2.18 bits per heavy atom. The van der Waals surface area contributed by atoms with Crippen molar-refractivity contribution in [2.75, 3.05) is 12.4 Å². The number of aromatic nitrogens is 2. The number of nitro groups is 1. The highest BCUT2D eigenvalue weighted by Crippen LogP contribution is 2.28. The van der Waals surface area contributed by atoms with E-state index in [0.717, 1.165) is 34.2 Å². The van der Waals surface area contributed by atoms with Gasteiger partial charge in [-0.25, -0.2) is 9.37 Å². The lowest BCUT2D eigenvalue weighted by Crippen LogP contribution is -2.26. The highest BCUT2D eigenvalue weighted by molar-refractivity contribution is 7.14. The molecule has 0 aliphatic heterocycles. The quantitative estimate of drug-likeness (QED) is 0.499. The Kier molecular flexibility index (Phi) is 5.45. The normalized spacial score (nSPS) is 10.5. The molecule has 3 rings (SSSR count). The molecule has 2 aromatic heterocycles. The molecule has 0 saturated carbocycles. The standard InChI is InChI=1S/C17H13FN4O5S/c1-27-14-4-2-10(6-12(14)18)13-9-28-17(19-13)20-15(23)8-21-7-11(22(25)26)3-5-16(21)24/h2-7,9H,8H2,1H3,(H,19,20,23). The third-order valence-electron chi connectivity index (χ3n) is 3.69. The monoisotopic (exact) mass is 404 g/mol. The van der Waals surface area contributed by atoms with Gasteiger partial charge in [0.15, 0.2) is 16.7 Å². The zero-order chi connectivity index (χ0) is 20.3. The summed E-state index contributed by atoms with van der Waals surface area (Å²) in [5, 5.41) is 15.2. The number of benzene rings is 1. The van der Waals surface area contributed by atoms with Crippen LogP contribution in [0.25, 0.3) is 11.3 Å². The van der Waals surface area contributed by atoms with E-state index in [9.17, 15) is 24.1 Å². The van der Waals surface area contributed by atoms with Crippen LogP contribution in [-0.2, 0) is 11.3 Å². The predicted molar refractivity (Wildman–Crippen MR) is 100 cm³/mol. The van der Waals surface area contributed by atoms with Gasteiger partial charge in [-0.3, -0.25) is 24.3 Å². The molecule has 0 spiro atoms. The Balaban J connectivity index is 1.72. The third-order valence-corrected chi connectivity index (χ3v) is 4.45. The number of carbonyl (C=O) groups excluding carboxylic acids is 1. The lowest BCUT2D eigenvalue weighted by atomic mass is 10.1. The van der Waals surface area contributed by atoms with Crippen molar-refractivity contribution in [3.63, 3.8) is 0 Å². The first kappa shape index (κ1) is 19.2. The lowest BCUT2D eigenvalue weighted by molar-refractivity contribution is -0.385. The van der Waals surface area contributed by atoms with E-state index in [-0.39, 0.29) is 16.6 Å². The summed E-state index contributed by atoms with van der Waals surface area (Å²) in [6.45, 7) is -0.410. The summed E-state index contributed by atoms with van der Waals surface area (Å²) in [4.78, 5) is 38.2. The summed E-state index contributed by atoms with van der Waals surface area (Å²) in [5.41, 5.74) is 0.110. The molecule has 1 aromatic carbocycles. The SMILES string of the molecule is COc1ccc(-c2csc(NC(=O)Cn3cc([N+](=O)[O-])ccc3=O)n2)cc1F. The van der Waals surface area contributed by atoms with Crippen molar-refractivity contribution < 1.29 is 18.8 Å². The van der Waals surface area contributed by atoms with E-state index in [4.69, 9.17) is 4.74 Å². The number of amides is 1. The van der Waals surface area contributed by atoms with Crippen LogP contribution in [-0.4, -0.2) is 27.5 Å². The maximum atomic E-state index is 13.8. The van der Waals surface area contributed by atoms with Crippen molar-refractivity contribution in [1.29, 1.82) is 0 Å². The van der Waals surface area contributed by atoms with E-state index in [2.05, 4.69) is 10.3 Å². The minimum absolute atomic E-state index is 0.106. The van der Waals surface area contributed by atoms with E-state index < -0.39 is 28.8 Å². The Hall–Kier alpha value is -3.60. The second-order valence-electron chi connectivity index (χ2n) is 5.55. The van der Waals surface area contributed by atoms with Gasteiger partial charge >= 0.3 is 0 Å². The third kappa shape index (κ3) is 4.20. The molecule has 0 fully saturated rings. The molecule has 0 atom stereocenters. The largest absolute Gasteiger partial charge is 0.494 e. The average molecular weight is 404 g/mol. The summed E-state index contributed by atoms with van der Waals surface area (Å²) in [6, 6.07) is 6.45. The lowest BCUT2D eigenvalue weighted by Gasteiger charge is -2.05. The fraction of sp³-hybridized carbons (Fsp3) is 0.118. The number of nitrogens with one attached hydrogen (secondary N) is 1. The fourth-order valence-electron chi connectivity index (χ4n) is 2.35. The number of pyridine rings is 1. The molecular formula is C17H13FN4O5S. The van der Waals surface area contributed by atoms with Crippen LogP contribution in [0.3, 0.4) is 0 Å². The van der Waals surface area contributed by atoms with Crippen LogP contribution >= 0.6 is 11.3 Å². The summed E-state index contributed by atoms with van der Waals surface area (Å²) in [7, 11) is 1.36. The van der Waals surface area contributed by atoms with Gasteiger partial charge < -0.3 is 10.1 Å². The molecule has 3 aromatic rings. The molecule has 28 heavy (non-hydrogen) atoms. The van der Waals surface area contributed by atoms with E-state index >= 15 is 0 Å². The number of methoxy groups -OCH3 is 1. The first-order chi connectivity index (χ1) is 13.4. The van der Waals surface area contributed by atoms with Gasteiger partial charge in [-0.15, -0.1) is 11.3 Å². The first-order valence-electron chi connectivity index (χ1n) is 7.81. The second-order valence-corrected chi connectivity index (χ2v) is 6.40. The van der Waals surface area contributed by atoms with Crippen molar-refractivity contribution >= 4 is 28.1 Å². The van der Waals surface area contributed by atoms with Crippen molar-refractivity contribution in [3.8, 4) is 17.0 Å². The Morgan fingerprint density at radius 1 is 1.39 bits per heavy atom. The Labute approximate surface area is 161 Å².